The van der Waals surface area contributed by atoms with Crippen molar-refractivity contribution in [3.63, 3.8) is 0 Å². The number of rotatable bonds is 24. The molecule has 0 unspecified atom stereocenters. The van der Waals surface area contributed by atoms with Crippen molar-refractivity contribution < 1.29 is 69.7 Å². The van der Waals surface area contributed by atoms with Crippen LogP contribution in [0.2, 0.25) is 0 Å². The molecule has 0 fully saturated rings. The Balaban J connectivity index is 0.000000239. The van der Waals surface area contributed by atoms with Gasteiger partial charge in [0.25, 0.3) is 40.1 Å². The first-order valence-electron chi connectivity index (χ1n) is 32.8. The van der Waals surface area contributed by atoms with E-state index >= 15 is 0 Å². The van der Waals surface area contributed by atoms with E-state index in [1.807, 2.05) is 99.6 Å². The van der Waals surface area contributed by atoms with E-state index in [4.69, 9.17) is 30.8 Å². The maximum atomic E-state index is 12.1. The van der Waals surface area contributed by atoms with Gasteiger partial charge in [-0.25, -0.2) is 81.3 Å². The zero-order valence-electron chi connectivity index (χ0n) is 61.5. The highest BCUT2D eigenvalue weighted by molar-refractivity contribution is 7.92. The summed E-state index contributed by atoms with van der Waals surface area (Å²) in [7, 11) is -22.5. The highest BCUT2D eigenvalue weighted by atomic mass is 32.3. The summed E-state index contributed by atoms with van der Waals surface area (Å²) in [4.78, 5) is 56.3. The molecule has 42 heteroatoms. The molecule has 32 nitrogen and oxygen atoms in total. The minimum atomic E-state index is -3.88. The van der Waals surface area contributed by atoms with Gasteiger partial charge < -0.3 is 0 Å². The number of pyridine rings is 2. The van der Waals surface area contributed by atoms with Gasteiger partial charge in [0.2, 0.25) is 37.4 Å². The molecule has 10 rings (SSSR count). The molecule has 0 saturated heterocycles. The third-order valence-electron chi connectivity index (χ3n) is 14.9. The SMILES string of the molecule is CC(C)C(=O)Cc1ccc(-c2nnc(S(N)(=O)=O)s2)cc1.CC(C)C(=O)Cc1ccc(-c2nnc(S(N)(=O)=O)s2)nc1.CC(C)c1ccc(C(=O)Cc2nnc(S(N)(=O)=O)s2)cc1.CC(C)c1ccc(C(=O)Cc2nnc(S(N)(=O)=O)s2)cn1.CC(C)c1ccc(S(N)(=O)=O)cc1.CC(C)c1cccc(S(N)(=O)=O)c1. The van der Waals surface area contributed by atoms with Crippen LogP contribution in [0.25, 0.3) is 21.3 Å². The topological polar surface area (TPSA) is 558 Å². The number of hydrogen-bond acceptors (Lipinski definition) is 30. The van der Waals surface area contributed by atoms with Crippen LogP contribution in [-0.2, 0) is 95.4 Å². The van der Waals surface area contributed by atoms with Crippen molar-refractivity contribution >= 4 is 129 Å². The van der Waals surface area contributed by atoms with Crippen LogP contribution in [-0.4, -0.2) is 124 Å². The average molecular weight is 1700 g/mol. The smallest absolute Gasteiger partial charge is 0.267 e. The summed E-state index contributed by atoms with van der Waals surface area (Å²) in [6.07, 6.45) is 3.77. The van der Waals surface area contributed by atoms with Gasteiger partial charge in [-0.15, -0.1) is 40.8 Å². The molecule has 0 amide bonds. The number of primary sulfonamides is 6. The third kappa shape index (κ3) is 30.0. The number of aromatic nitrogens is 10. The van der Waals surface area contributed by atoms with Crippen LogP contribution in [0, 0.1) is 11.8 Å². The van der Waals surface area contributed by atoms with Gasteiger partial charge in [-0.3, -0.25) is 29.1 Å². The predicted molar refractivity (Wildman–Crippen MR) is 420 cm³/mol. The molecule has 0 atom stereocenters. The predicted octanol–water partition coefficient (Wildman–Crippen LogP) is 8.41. The monoisotopic (exact) mass is 1700 g/mol. The molecule has 0 saturated carbocycles. The number of benzene rings is 4. The lowest BCUT2D eigenvalue weighted by Gasteiger charge is -2.06. The van der Waals surface area contributed by atoms with E-state index in [0.29, 0.717) is 67.4 Å². The van der Waals surface area contributed by atoms with Crippen molar-refractivity contribution in [3.05, 3.63) is 188 Å². The number of nitrogens with zero attached hydrogens (tertiary/aromatic N) is 10. The lowest BCUT2D eigenvalue weighted by atomic mass is 10.00. The summed E-state index contributed by atoms with van der Waals surface area (Å²) >= 11 is 3.38. The Morgan fingerprint density at radius 3 is 1.13 bits per heavy atom. The highest BCUT2D eigenvalue weighted by Gasteiger charge is 2.23. The van der Waals surface area contributed by atoms with Gasteiger partial charge in [-0.2, -0.15) is 0 Å². The molecule has 12 N–H and O–H groups in total. The van der Waals surface area contributed by atoms with Crippen molar-refractivity contribution in [2.24, 2.45) is 42.7 Å². The molecule has 0 aliphatic heterocycles. The van der Waals surface area contributed by atoms with Gasteiger partial charge in [-0.05, 0) is 94.0 Å². The molecule has 10 aromatic rings. The fourth-order valence-corrected chi connectivity index (χ4v) is 15.4. The summed E-state index contributed by atoms with van der Waals surface area (Å²) in [5, 5.41) is 60.2. The number of hydrogen-bond donors (Lipinski definition) is 6. The zero-order chi connectivity index (χ0) is 82.6. The van der Waals surface area contributed by atoms with Crippen LogP contribution in [0.5, 0.6) is 0 Å². The largest absolute Gasteiger partial charge is 0.299 e. The summed E-state index contributed by atoms with van der Waals surface area (Å²) < 4.78 is 132. The molecule has 6 aromatic heterocycles. The molecule has 110 heavy (non-hydrogen) atoms. The second-order valence-corrected chi connectivity index (χ2v) is 40.0. The standard InChI is InChI=1S/2C13H15N3O3S2.2C12H14N4O3S2.2C9H13NO2S/c1-8(2)9-3-5-10(6-4-9)11(17)7-12-15-16-13(20-12)21(14,18)19;1-8(2)11(17)7-9-3-5-10(6-4-9)12-15-16-13(20-12)21(14,18)19;1-7(2)9-4-3-8(6-14-9)10(17)5-11-15-16-12(20-11)21(13,18)19;1-7(2)10(17)5-8-3-4-9(14-6-8)11-15-16-12(20-11)21(13,18)19;1-7(2)8-3-5-9(6-4-8)13(10,11)12;1-7(2)8-4-3-5-9(6-8)13(10,11)12/h2*3-6,8H,7H2,1-2H3,(H2,14,18,19);2*3-4,6-7H,5H2,1-2H3,(H2,13,18,19);2*3-7H,1-2H3,(H2,10,11,12). The van der Waals surface area contributed by atoms with Crippen molar-refractivity contribution in [1.29, 1.82) is 0 Å². The molecular weight excluding hydrogens is 1620 g/mol. The summed E-state index contributed by atoms with van der Waals surface area (Å²) in [5.74, 6) is 1.35. The van der Waals surface area contributed by atoms with Gasteiger partial charge in [0.1, 0.15) is 32.3 Å². The molecule has 0 bridgehead atoms. The molecular formula is C68H84N16O16S10. The first-order valence-corrected chi connectivity index (χ1v) is 45.4. The number of sulfonamides is 6. The average Bonchev–Trinajstić information content (AvgIpc) is 1.66. The molecule has 0 aliphatic rings. The number of carbonyl (C=O) groups is 4. The normalized spacial score (nSPS) is 11.9. The third-order valence-corrected chi connectivity index (χ3v) is 25.8. The van der Waals surface area contributed by atoms with Crippen LogP contribution >= 0.6 is 45.3 Å². The number of ketones is 4. The quantitative estimate of drug-likeness (QED) is 0.0309. The first kappa shape index (κ1) is 92.2. The Hall–Kier alpha value is -8.44. The molecule has 592 valence electrons. The maximum absolute atomic E-state index is 12.1. The van der Waals surface area contributed by atoms with Gasteiger partial charge in [-0.1, -0.05) is 207 Å². The second-order valence-electron chi connectivity index (χ2n) is 25.8. The van der Waals surface area contributed by atoms with Crippen LogP contribution in [0.4, 0.5) is 0 Å². The summed E-state index contributed by atoms with van der Waals surface area (Å²) in [5.41, 5.74) is 8.09. The van der Waals surface area contributed by atoms with Crippen LogP contribution in [0.1, 0.15) is 171 Å². The van der Waals surface area contributed by atoms with Gasteiger partial charge in [0.15, 0.2) is 16.6 Å². The Labute approximate surface area is 655 Å². The van der Waals surface area contributed by atoms with Crippen LogP contribution in [0.15, 0.2) is 161 Å². The highest BCUT2D eigenvalue weighted by Crippen LogP contribution is 2.28. The molecule has 6 heterocycles. The van der Waals surface area contributed by atoms with E-state index < -0.39 is 60.1 Å². The first-order chi connectivity index (χ1) is 50.9. The summed E-state index contributed by atoms with van der Waals surface area (Å²) in [6, 6.07) is 34.9. The van der Waals surface area contributed by atoms with Gasteiger partial charge in [0.05, 0.1) is 22.6 Å². The minimum Gasteiger partial charge on any atom is -0.299 e. The molecule has 4 aromatic carbocycles. The molecule has 0 spiro atoms. The van der Waals surface area contributed by atoms with E-state index in [1.165, 1.54) is 24.4 Å². The number of Topliss-reactive ketones (excluding diaryl/α,β-unsaturated/α-hetero) is 4. The Morgan fingerprint density at radius 1 is 0.345 bits per heavy atom. The number of nitrogens with two attached hydrogens (primary N) is 6. The Kier molecular flexibility index (Phi) is 33.6. The van der Waals surface area contributed by atoms with E-state index in [9.17, 15) is 69.7 Å². The lowest BCUT2D eigenvalue weighted by molar-refractivity contribution is -0.122. The van der Waals surface area contributed by atoms with Gasteiger partial charge in [0, 0.05) is 59.5 Å². The van der Waals surface area contributed by atoms with Crippen molar-refractivity contribution in [2.45, 2.75) is 160 Å². The molecule has 0 aliphatic carbocycles. The molecule has 0 radical (unpaired) electrons. The van der Waals surface area contributed by atoms with Crippen molar-refractivity contribution in [3.8, 4) is 21.3 Å². The Bertz CT molecular complexity index is 5260. The zero-order valence-corrected chi connectivity index (χ0v) is 69.7. The van der Waals surface area contributed by atoms with Crippen LogP contribution < -0.4 is 30.8 Å². The van der Waals surface area contributed by atoms with E-state index in [2.05, 4.69) is 64.6 Å². The van der Waals surface area contributed by atoms with Gasteiger partial charge >= 0.3 is 0 Å². The lowest BCUT2D eigenvalue weighted by Crippen LogP contribution is -2.12. The fraction of sp³-hybridized carbons (Fsp3) is 0.324. The Morgan fingerprint density at radius 2 is 0.745 bits per heavy atom. The van der Waals surface area contributed by atoms with E-state index in [-0.39, 0.29) is 80.9 Å². The number of carbonyl (C=O) groups excluding carboxylic acids is 4. The van der Waals surface area contributed by atoms with E-state index in [0.717, 1.165) is 84.4 Å². The van der Waals surface area contributed by atoms with Crippen molar-refractivity contribution in [1.82, 2.24) is 50.8 Å². The van der Waals surface area contributed by atoms with Crippen LogP contribution in [0.3, 0.4) is 0 Å². The summed E-state index contributed by atoms with van der Waals surface area (Å²) in [6.45, 7) is 23.7. The second kappa shape index (κ2) is 40.2. The maximum Gasteiger partial charge on any atom is 0.267 e. The minimum absolute atomic E-state index is 0.00478. The van der Waals surface area contributed by atoms with Crippen molar-refractivity contribution in [2.75, 3.05) is 0 Å². The van der Waals surface area contributed by atoms with E-state index in [1.54, 1.807) is 79.0 Å². The fourth-order valence-electron chi connectivity index (χ4n) is 8.49.